The highest BCUT2D eigenvalue weighted by Gasteiger charge is 2.13. The number of amides is 2. The monoisotopic (exact) mass is 370 g/mol. The molecule has 7 heteroatoms. The molecule has 0 saturated carbocycles. The van der Waals surface area contributed by atoms with E-state index < -0.39 is 18.5 Å². The molecule has 27 heavy (non-hydrogen) atoms. The summed E-state index contributed by atoms with van der Waals surface area (Å²) in [7, 11) is 1.46. The maximum atomic E-state index is 12.2. The van der Waals surface area contributed by atoms with Gasteiger partial charge in [-0.2, -0.15) is 0 Å². The first-order valence-corrected chi connectivity index (χ1v) is 8.29. The second-order valence-electron chi connectivity index (χ2n) is 6.10. The Morgan fingerprint density at radius 3 is 2.22 bits per heavy atom. The number of nitrogens with one attached hydrogen (secondary N) is 2. The maximum absolute atomic E-state index is 12.2. The second kappa shape index (κ2) is 8.84. The van der Waals surface area contributed by atoms with Gasteiger partial charge in [-0.1, -0.05) is 17.2 Å². The standard InChI is InChI=1S/C20H22N2O5/c1-12-7-13(2)9-15(8-12)20(25)27-11-19(24)22-17-10-16(21-14(3)23)5-6-18(17)26-4/h5-10H,11H2,1-4H3,(H,21,23)(H,22,24). The van der Waals surface area contributed by atoms with Gasteiger partial charge in [0.1, 0.15) is 5.75 Å². The number of hydrogen-bond donors (Lipinski definition) is 2. The van der Waals surface area contributed by atoms with Crippen molar-refractivity contribution in [1.82, 2.24) is 0 Å². The number of ether oxygens (including phenoxy) is 2. The molecule has 2 amide bonds. The van der Waals surface area contributed by atoms with Crippen molar-refractivity contribution in [2.75, 3.05) is 24.4 Å². The van der Waals surface area contributed by atoms with Crippen molar-refractivity contribution in [2.24, 2.45) is 0 Å². The highest BCUT2D eigenvalue weighted by atomic mass is 16.5. The molecule has 0 radical (unpaired) electrons. The Hall–Kier alpha value is -3.35. The molecule has 7 nitrogen and oxygen atoms in total. The smallest absolute Gasteiger partial charge is 0.338 e. The number of anilines is 2. The van der Waals surface area contributed by atoms with Gasteiger partial charge in [-0.05, 0) is 44.2 Å². The minimum absolute atomic E-state index is 0.236. The van der Waals surface area contributed by atoms with Crippen LogP contribution in [0.25, 0.3) is 0 Å². The fraction of sp³-hybridized carbons (Fsp3) is 0.250. The molecule has 142 valence electrons. The van der Waals surface area contributed by atoms with Crippen LogP contribution < -0.4 is 15.4 Å². The van der Waals surface area contributed by atoms with E-state index >= 15 is 0 Å². The van der Waals surface area contributed by atoms with Crippen LogP contribution in [0.4, 0.5) is 11.4 Å². The van der Waals surface area contributed by atoms with Gasteiger partial charge >= 0.3 is 5.97 Å². The molecule has 0 bridgehead atoms. The van der Waals surface area contributed by atoms with Crippen LogP contribution in [0.1, 0.15) is 28.4 Å². The molecule has 0 fully saturated rings. The van der Waals surface area contributed by atoms with E-state index in [0.717, 1.165) is 11.1 Å². The quantitative estimate of drug-likeness (QED) is 0.762. The van der Waals surface area contributed by atoms with E-state index in [0.29, 0.717) is 22.7 Å². The molecule has 2 aromatic rings. The molecular weight excluding hydrogens is 348 g/mol. The van der Waals surface area contributed by atoms with Crippen molar-refractivity contribution >= 4 is 29.2 Å². The van der Waals surface area contributed by atoms with Gasteiger partial charge in [-0.25, -0.2) is 4.79 Å². The van der Waals surface area contributed by atoms with E-state index in [2.05, 4.69) is 10.6 Å². The van der Waals surface area contributed by atoms with Crippen LogP contribution in [0.5, 0.6) is 5.75 Å². The summed E-state index contributed by atoms with van der Waals surface area (Å²) < 4.78 is 10.3. The Morgan fingerprint density at radius 1 is 0.963 bits per heavy atom. The van der Waals surface area contributed by atoms with Crippen molar-refractivity contribution in [1.29, 1.82) is 0 Å². The molecule has 0 spiro atoms. The number of carbonyl (C=O) groups excluding carboxylic acids is 3. The first-order chi connectivity index (χ1) is 12.8. The molecule has 0 atom stereocenters. The third-order valence-electron chi connectivity index (χ3n) is 3.59. The Bertz CT molecular complexity index is 856. The van der Waals surface area contributed by atoms with Gasteiger partial charge in [-0.3, -0.25) is 9.59 Å². The van der Waals surface area contributed by atoms with Crippen LogP contribution >= 0.6 is 0 Å². The average molecular weight is 370 g/mol. The van der Waals surface area contributed by atoms with E-state index in [9.17, 15) is 14.4 Å². The van der Waals surface area contributed by atoms with Crippen LogP contribution in [-0.2, 0) is 14.3 Å². The SMILES string of the molecule is COc1ccc(NC(C)=O)cc1NC(=O)COC(=O)c1cc(C)cc(C)c1. The first-order valence-electron chi connectivity index (χ1n) is 8.29. The number of hydrogen-bond acceptors (Lipinski definition) is 5. The number of benzene rings is 2. The Balaban J connectivity index is 2.02. The molecule has 0 aromatic heterocycles. The number of aryl methyl sites for hydroxylation is 2. The zero-order valence-electron chi connectivity index (χ0n) is 15.7. The fourth-order valence-corrected chi connectivity index (χ4v) is 2.58. The molecule has 0 heterocycles. The number of methoxy groups -OCH3 is 1. The summed E-state index contributed by atoms with van der Waals surface area (Å²) in [4.78, 5) is 35.5. The summed E-state index contributed by atoms with van der Waals surface area (Å²) in [6.07, 6.45) is 0. The summed E-state index contributed by atoms with van der Waals surface area (Å²) in [5.41, 5.74) is 3.13. The van der Waals surface area contributed by atoms with E-state index in [1.165, 1.54) is 14.0 Å². The van der Waals surface area contributed by atoms with Gasteiger partial charge in [0.15, 0.2) is 6.61 Å². The van der Waals surface area contributed by atoms with Gasteiger partial charge in [0.05, 0.1) is 18.4 Å². The lowest BCUT2D eigenvalue weighted by Crippen LogP contribution is -2.21. The molecule has 0 saturated heterocycles. The van der Waals surface area contributed by atoms with Crippen LogP contribution in [0, 0.1) is 13.8 Å². The minimum Gasteiger partial charge on any atom is -0.495 e. The Morgan fingerprint density at radius 2 is 1.63 bits per heavy atom. The molecule has 0 aliphatic rings. The van der Waals surface area contributed by atoms with Crippen molar-refractivity contribution in [3.05, 3.63) is 53.1 Å². The fourth-order valence-electron chi connectivity index (χ4n) is 2.58. The van der Waals surface area contributed by atoms with Crippen LogP contribution in [0.3, 0.4) is 0 Å². The third kappa shape index (κ3) is 5.85. The largest absolute Gasteiger partial charge is 0.495 e. The summed E-state index contributed by atoms with van der Waals surface area (Å²) in [5.74, 6) is -0.917. The summed E-state index contributed by atoms with van der Waals surface area (Å²) in [6, 6.07) is 10.2. The van der Waals surface area contributed by atoms with Gasteiger partial charge in [0.2, 0.25) is 5.91 Å². The highest BCUT2D eigenvalue weighted by molar-refractivity contribution is 5.97. The van der Waals surface area contributed by atoms with E-state index in [-0.39, 0.29) is 5.91 Å². The summed E-state index contributed by atoms with van der Waals surface area (Å²) in [5, 5.41) is 5.23. The van der Waals surface area contributed by atoms with Crippen molar-refractivity contribution < 1.29 is 23.9 Å². The molecule has 2 aromatic carbocycles. The number of rotatable bonds is 6. The topological polar surface area (TPSA) is 93.7 Å². The predicted molar refractivity (Wildman–Crippen MR) is 102 cm³/mol. The Kier molecular flexibility index (Phi) is 6.54. The van der Waals surface area contributed by atoms with Gasteiger partial charge in [0, 0.05) is 12.6 Å². The van der Waals surface area contributed by atoms with Crippen molar-refractivity contribution in [3.63, 3.8) is 0 Å². The Labute approximate surface area is 157 Å². The van der Waals surface area contributed by atoms with E-state index in [4.69, 9.17) is 9.47 Å². The van der Waals surface area contributed by atoms with Crippen LogP contribution in [0.2, 0.25) is 0 Å². The molecule has 2 N–H and O–H groups in total. The lowest BCUT2D eigenvalue weighted by Gasteiger charge is -2.12. The third-order valence-corrected chi connectivity index (χ3v) is 3.59. The number of esters is 1. The molecule has 0 aliphatic heterocycles. The van der Waals surface area contributed by atoms with Gasteiger partial charge in [-0.15, -0.1) is 0 Å². The van der Waals surface area contributed by atoms with Crippen molar-refractivity contribution in [3.8, 4) is 5.75 Å². The zero-order chi connectivity index (χ0) is 20.0. The molecule has 0 unspecified atom stereocenters. The normalized spacial score (nSPS) is 10.1. The van der Waals surface area contributed by atoms with Gasteiger partial charge < -0.3 is 20.1 Å². The van der Waals surface area contributed by atoms with Crippen molar-refractivity contribution in [2.45, 2.75) is 20.8 Å². The summed E-state index contributed by atoms with van der Waals surface area (Å²) >= 11 is 0. The van der Waals surface area contributed by atoms with Crippen LogP contribution in [-0.4, -0.2) is 31.5 Å². The molecule has 0 aliphatic carbocycles. The molecular formula is C20H22N2O5. The average Bonchev–Trinajstić information content (AvgIpc) is 2.58. The maximum Gasteiger partial charge on any atom is 0.338 e. The minimum atomic E-state index is -0.573. The molecule has 2 rings (SSSR count). The van der Waals surface area contributed by atoms with E-state index in [1.54, 1.807) is 30.3 Å². The first kappa shape index (κ1) is 20.0. The second-order valence-corrected chi connectivity index (χ2v) is 6.10. The van der Waals surface area contributed by atoms with E-state index in [1.807, 2.05) is 19.9 Å². The highest BCUT2D eigenvalue weighted by Crippen LogP contribution is 2.27. The van der Waals surface area contributed by atoms with Gasteiger partial charge in [0.25, 0.3) is 5.91 Å². The predicted octanol–water partition coefficient (Wildman–Crippen LogP) is 3.07. The lowest BCUT2D eigenvalue weighted by atomic mass is 10.1. The summed E-state index contributed by atoms with van der Waals surface area (Å²) in [6.45, 7) is 4.70. The lowest BCUT2D eigenvalue weighted by molar-refractivity contribution is -0.119. The zero-order valence-corrected chi connectivity index (χ0v) is 15.7. The van der Waals surface area contributed by atoms with Crippen LogP contribution in [0.15, 0.2) is 36.4 Å². The number of carbonyl (C=O) groups is 3.